The number of thiocarbonyl (C=S) groups is 1. The van der Waals surface area contributed by atoms with Gasteiger partial charge in [-0.25, -0.2) is 0 Å². The van der Waals surface area contributed by atoms with Gasteiger partial charge in [-0.1, -0.05) is 12.6 Å². The maximum absolute atomic E-state index is 7.65. The molecule has 0 saturated heterocycles. The smallest absolute Gasteiger partial charge is 0.214 e. The van der Waals surface area contributed by atoms with E-state index in [1.807, 2.05) is 0 Å². The minimum Gasteiger partial charge on any atom is -0.494 e. The van der Waals surface area contributed by atoms with Crippen molar-refractivity contribution in [1.82, 2.24) is 0 Å². The fourth-order valence-electron chi connectivity index (χ4n) is 0. The van der Waals surface area contributed by atoms with E-state index in [4.69, 9.17) is 5.11 Å². The quantitative estimate of drug-likeness (QED) is 0.334. The predicted molar refractivity (Wildman–Crippen MR) is 24.2 cm³/mol. The zero-order valence-electron chi connectivity index (χ0n) is 2.21. The predicted octanol–water partition coefficient (Wildman–Crippen LogP) is 0.757. The molecule has 0 rings (SSSR count). The van der Waals surface area contributed by atoms with Crippen LogP contribution in [0.5, 0.6) is 0 Å². The summed E-state index contributed by atoms with van der Waals surface area (Å²) in [6.45, 7) is 0. The average molecular weight is 190 g/mol. The molecule has 1 N–H and O–H groups in total. The van der Waals surface area contributed by atoms with Crippen molar-refractivity contribution in [1.29, 1.82) is 0 Å². The molecular weight excluding hydrogens is 188 g/mol. The summed E-state index contributed by atoms with van der Waals surface area (Å²) >= 11 is 7.21. The summed E-state index contributed by atoms with van der Waals surface area (Å²) in [6, 6.07) is 0. The van der Waals surface area contributed by atoms with Gasteiger partial charge in [0.15, 0.2) is 0 Å². The molecule has 0 amide bonds. The standard InChI is InChI=1S/CH2OS2.Mo/c2-1(3)4;/h(H2,2,3,4);. The summed E-state index contributed by atoms with van der Waals surface area (Å²) in [5.41, 5.74) is 0. The molecule has 0 heterocycles. The summed E-state index contributed by atoms with van der Waals surface area (Å²) in [4.78, 5) is 0. The normalized spacial score (nSPS) is 5.00. The number of aliphatic hydroxyl groups is 1. The minimum absolute atomic E-state index is 0. The molecule has 0 aliphatic heterocycles. The first-order valence-corrected chi connectivity index (χ1v) is 1.51. The molecule has 30 valence electrons. The maximum Gasteiger partial charge on any atom is 0.214 e. The van der Waals surface area contributed by atoms with Crippen LogP contribution in [0.25, 0.3) is 0 Å². The molecule has 0 aliphatic rings. The molecule has 5 heavy (non-hydrogen) atoms. The molecule has 0 aromatic heterocycles. The SMILES string of the molecule is OC(=S)S.[Mo]. The van der Waals surface area contributed by atoms with Crippen LogP contribution >= 0.6 is 24.8 Å². The second kappa shape index (κ2) is 4.93. The van der Waals surface area contributed by atoms with Crippen LogP contribution in [0.3, 0.4) is 0 Å². The van der Waals surface area contributed by atoms with Crippen molar-refractivity contribution >= 4 is 29.2 Å². The number of rotatable bonds is 0. The van der Waals surface area contributed by atoms with Crippen LogP contribution < -0.4 is 0 Å². The summed E-state index contributed by atoms with van der Waals surface area (Å²) in [5, 5.41) is 7.65. The first-order valence-electron chi connectivity index (χ1n) is 0.651. The first-order chi connectivity index (χ1) is 1.73. The molecule has 0 aromatic rings. The molecule has 0 bridgehead atoms. The molecule has 0 radical (unpaired) electrons. The van der Waals surface area contributed by atoms with Gasteiger partial charge in [0.25, 0.3) is 0 Å². The van der Waals surface area contributed by atoms with Crippen molar-refractivity contribution in [3.8, 4) is 0 Å². The molecule has 0 saturated carbocycles. The van der Waals surface area contributed by atoms with Crippen LogP contribution in [-0.2, 0) is 21.1 Å². The Labute approximate surface area is 55.4 Å². The Hall–Kier alpha value is 0.928. The Balaban J connectivity index is 0. The molecule has 0 spiro atoms. The minimum atomic E-state index is -0.306. The average Bonchev–Trinajstić information content (AvgIpc) is 0.811. The van der Waals surface area contributed by atoms with Crippen LogP contribution in [0.1, 0.15) is 0 Å². The Morgan fingerprint density at radius 1 is 1.80 bits per heavy atom. The van der Waals surface area contributed by atoms with Gasteiger partial charge in [0.2, 0.25) is 4.38 Å². The van der Waals surface area contributed by atoms with Gasteiger partial charge >= 0.3 is 0 Å². The molecule has 0 aliphatic carbocycles. The Bertz CT molecular complexity index is 32.6. The fraction of sp³-hybridized carbons (Fsp3) is 0. The summed E-state index contributed by atoms with van der Waals surface area (Å²) in [6.07, 6.45) is 0. The zero-order valence-corrected chi connectivity index (χ0v) is 5.93. The van der Waals surface area contributed by atoms with Gasteiger partial charge < -0.3 is 5.11 Å². The van der Waals surface area contributed by atoms with Gasteiger partial charge in [-0.05, 0) is 12.2 Å². The van der Waals surface area contributed by atoms with E-state index in [0.717, 1.165) is 0 Å². The Morgan fingerprint density at radius 2 is 1.80 bits per heavy atom. The zero-order chi connectivity index (χ0) is 3.58. The third-order valence-corrected chi connectivity index (χ3v) is 0. The van der Waals surface area contributed by atoms with E-state index in [1.54, 1.807) is 0 Å². The van der Waals surface area contributed by atoms with Gasteiger partial charge in [0, 0.05) is 21.1 Å². The van der Waals surface area contributed by atoms with Crippen LogP contribution in [-0.4, -0.2) is 9.49 Å². The largest absolute Gasteiger partial charge is 0.494 e. The van der Waals surface area contributed by atoms with Gasteiger partial charge in [-0.3, -0.25) is 0 Å². The topological polar surface area (TPSA) is 20.2 Å². The Morgan fingerprint density at radius 3 is 1.80 bits per heavy atom. The van der Waals surface area contributed by atoms with Gasteiger partial charge in [0.05, 0.1) is 0 Å². The van der Waals surface area contributed by atoms with E-state index < -0.39 is 0 Å². The number of thiol groups is 1. The molecule has 4 heteroatoms. The van der Waals surface area contributed by atoms with E-state index in [0.29, 0.717) is 0 Å². The fourth-order valence-corrected chi connectivity index (χ4v) is 0. The van der Waals surface area contributed by atoms with E-state index >= 15 is 0 Å². The van der Waals surface area contributed by atoms with Crippen molar-refractivity contribution in [3.63, 3.8) is 0 Å². The van der Waals surface area contributed by atoms with Gasteiger partial charge in [0.1, 0.15) is 0 Å². The van der Waals surface area contributed by atoms with Gasteiger partial charge in [-0.2, -0.15) is 0 Å². The second-order valence-corrected chi connectivity index (χ2v) is 1.40. The second-order valence-electron chi connectivity index (χ2n) is 0.283. The summed E-state index contributed by atoms with van der Waals surface area (Å²) in [7, 11) is 0. The summed E-state index contributed by atoms with van der Waals surface area (Å²) in [5.74, 6) is 0. The van der Waals surface area contributed by atoms with Crippen LogP contribution in [0.4, 0.5) is 0 Å². The number of aliphatic hydroxyl groups excluding tert-OH is 1. The van der Waals surface area contributed by atoms with Crippen molar-refractivity contribution in [2.45, 2.75) is 0 Å². The third-order valence-electron chi connectivity index (χ3n) is 0. The van der Waals surface area contributed by atoms with Crippen LogP contribution in [0.15, 0.2) is 0 Å². The molecule has 0 atom stereocenters. The third kappa shape index (κ3) is 49.0. The van der Waals surface area contributed by atoms with Crippen molar-refractivity contribution in [3.05, 3.63) is 0 Å². The Kier molecular flexibility index (Phi) is 9.20. The van der Waals surface area contributed by atoms with Crippen LogP contribution in [0.2, 0.25) is 0 Å². The van der Waals surface area contributed by atoms with Crippen molar-refractivity contribution in [2.75, 3.05) is 0 Å². The van der Waals surface area contributed by atoms with Gasteiger partial charge in [-0.15, -0.1) is 0 Å². The molecule has 0 unspecified atom stereocenters. The monoisotopic (exact) mass is 192 g/mol. The van der Waals surface area contributed by atoms with E-state index in [1.165, 1.54) is 0 Å². The maximum atomic E-state index is 7.65. The molecular formula is CH2MoOS2. The van der Waals surface area contributed by atoms with E-state index in [2.05, 4.69) is 24.8 Å². The first kappa shape index (κ1) is 9.33. The van der Waals surface area contributed by atoms with Crippen LogP contribution in [0, 0.1) is 0 Å². The molecule has 1 nitrogen and oxygen atoms in total. The van der Waals surface area contributed by atoms with Crippen molar-refractivity contribution in [2.24, 2.45) is 0 Å². The van der Waals surface area contributed by atoms with Crippen molar-refractivity contribution < 1.29 is 26.2 Å². The molecule has 0 aromatic carbocycles. The summed E-state index contributed by atoms with van der Waals surface area (Å²) < 4.78 is -0.306. The van der Waals surface area contributed by atoms with E-state index in [-0.39, 0.29) is 25.4 Å². The number of hydrogen-bond acceptors (Lipinski definition) is 1. The molecule has 0 fully saturated rings. The van der Waals surface area contributed by atoms with E-state index in [9.17, 15) is 0 Å². The number of hydrogen-bond donors (Lipinski definition) is 2.